The van der Waals surface area contributed by atoms with Gasteiger partial charge >= 0.3 is 0 Å². The van der Waals surface area contributed by atoms with E-state index in [0.29, 0.717) is 25.4 Å². The maximum atomic E-state index is 12.8. The summed E-state index contributed by atoms with van der Waals surface area (Å²) < 4.78 is 16.2. The number of benzene rings is 2. The molecule has 1 atom stereocenters. The molecule has 2 aromatic carbocycles. The summed E-state index contributed by atoms with van der Waals surface area (Å²) in [4.78, 5) is 23.7. The van der Waals surface area contributed by atoms with Crippen LogP contribution in [-0.4, -0.2) is 31.2 Å². The predicted octanol–water partition coefficient (Wildman–Crippen LogP) is 3.26. The Kier molecular flexibility index (Phi) is 5.44. The molecule has 1 aliphatic heterocycles. The maximum absolute atomic E-state index is 12.8. The lowest BCUT2D eigenvalue weighted by Crippen LogP contribution is -2.32. The van der Waals surface area contributed by atoms with Crippen molar-refractivity contribution in [2.45, 2.75) is 19.4 Å². The van der Waals surface area contributed by atoms with Crippen LogP contribution in [0.3, 0.4) is 0 Å². The van der Waals surface area contributed by atoms with Gasteiger partial charge in [0, 0.05) is 18.1 Å². The largest absolute Gasteiger partial charge is 0.493 e. The fraction of sp³-hybridized carbons (Fsp3) is 0.316. The summed E-state index contributed by atoms with van der Waals surface area (Å²) in [7, 11) is 1.42. The van der Waals surface area contributed by atoms with E-state index in [9.17, 15) is 14.9 Å². The molecular weight excluding hydrogens is 352 g/mol. The molecule has 1 amide bonds. The number of methoxy groups -OCH3 is 1. The number of amides is 1. The number of carbonyl (C=O) groups excluding carboxylic acids is 1. The molecule has 142 valence electrons. The van der Waals surface area contributed by atoms with Crippen LogP contribution in [0.4, 0.5) is 5.69 Å². The van der Waals surface area contributed by atoms with Gasteiger partial charge in [-0.1, -0.05) is 18.2 Å². The molecule has 0 fully saturated rings. The highest BCUT2D eigenvalue weighted by Crippen LogP contribution is 2.36. The highest BCUT2D eigenvalue weighted by molar-refractivity contribution is 5.99. The molecule has 2 aromatic rings. The molecule has 0 saturated heterocycles. The molecule has 1 unspecified atom stereocenters. The van der Waals surface area contributed by atoms with E-state index >= 15 is 0 Å². The minimum Gasteiger partial charge on any atom is -0.493 e. The van der Waals surface area contributed by atoms with Crippen LogP contribution in [0.5, 0.6) is 17.2 Å². The summed E-state index contributed by atoms with van der Waals surface area (Å²) in [6.45, 7) is 2.53. The van der Waals surface area contributed by atoms with Crippen LogP contribution in [0.1, 0.15) is 35.3 Å². The second-order valence-corrected chi connectivity index (χ2v) is 5.91. The van der Waals surface area contributed by atoms with Crippen molar-refractivity contribution in [2.75, 3.05) is 20.3 Å². The molecule has 0 aromatic heterocycles. The third-order valence-corrected chi connectivity index (χ3v) is 4.29. The van der Waals surface area contributed by atoms with Crippen LogP contribution < -0.4 is 19.5 Å². The Hall–Kier alpha value is -3.29. The molecule has 0 radical (unpaired) electrons. The molecule has 1 aliphatic rings. The Labute approximate surface area is 156 Å². The predicted molar refractivity (Wildman–Crippen MR) is 97.6 cm³/mol. The standard InChI is InChI=1S/C19H20N2O6/c1-3-26-18-11-15(21(23)24)13(10-17(18)25-2)19(22)20-14-8-9-27-16-7-5-4-6-12(14)16/h4-7,10-11,14H,3,8-9H2,1-2H3,(H,20,22). The van der Waals surface area contributed by atoms with E-state index in [0.717, 1.165) is 5.56 Å². The summed E-state index contributed by atoms with van der Waals surface area (Å²) >= 11 is 0. The minimum atomic E-state index is -0.602. The van der Waals surface area contributed by atoms with Gasteiger partial charge < -0.3 is 19.5 Å². The number of hydrogen-bond acceptors (Lipinski definition) is 6. The Morgan fingerprint density at radius 1 is 1.33 bits per heavy atom. The number of hydrogen-bond donors (Lipinski definition) is 1. The van der Waals surface area contributed by atoms with Gasteiger partial charge in [-0.05, 0) is 13.0 Å². The molecule has 8 nitrogen and oxygen atoms in total. The topological polar surface area (TPSA) is 99.9 Å². The number of rotatable bonds is 6. The van der Waals surface area contributed by atoms with Gasteiger partial charge in [0.15, 0.2) is 11.5 Å². The zero-order valence-corrected chi connectivity index (χ0v) is 15.1. The molecule has 0 bridgehead atoms. The number of ether oxygens (including phenoxy) is 3. The lowest BCUT2D eigenvalue weighted by atomic mass is 10.00. The number of nitrogens with one attached hydrogen (secondary N) is 1. The first-order chi connectivity index (χ1) is 13.0. The summed E-state index contributed by atoms with van der Waals surface area (Å²) in [5, 5.41) is 14.4. The van der Waals surface area contributed by atoms with Crippen molar-refractivity contribution in [3.63, 3.8) is 0 Å². The zero-order chi connectivity index (χ0) is 19.4. The van der Waals surface area contributed by atoms with Crippen LogP contribution >= 0.6 is 0 Å². The number of para-hydroxylation sites is 1. The number of fused-ring (bicyclic) bond motifs is 1. The Balaban J connectivity index is 1.94. The quantitative estimate of drug-likeness (QED) is 0.617. The van der Waals surface area contributed by atoms with Crippen LogP contribution in [0, 0.1) is 10.1 Å². The van der Waals surface area contributed by atoms with E-state index in [2.05, 4.69) is 5.32 Å². The van der Waals surface area contributed by atoms with Crippen LogP contribution in [0.25, 0.3) is 0 Å². The van der Waals surface area contributed by atoms with Crippen LogP contribution in [-0.2, 0) is 0 Å². The summed E-state index contributed by atoms with van der Waals surface area (Å²) in [6, 6.07) is 9.67. The fourth-order valence-corrected chi connectivity index (χ4v) is 3.04. The second-order valence-electron chi connectivity index (χ2n) is 5.91. The van der Waals surface area contributed by atoms with E-state index < -0.39 is 10.8 Å². The van der Waals surface area contributed by atoms with Gasteiger partial charge in [0.1, 0.15) is 11.3 Å². The van der Waals surface area contributed by atoms with Crippen molar-refractivity contribution in [3.05, 3.63) is 57.6 Å². The third-order valence-electron chi connectivity index (χ3n) is 4.29. The normalized spacial score (nSPS) is 15.3. The van der Waals surface area contributed by atoms with Gasteiger partial charge in [0.2, 0.25) is 0 Å². The number of nitro groups is 1. The third kappa shape index (κ3) is 3.79. The van der Waals surface area contributed by atoms with E-state index in [-0.39, 0.29) is 28.8 Å². The van der Waals surface area contributed by atoms with Gasteiger partial charge in [-0.3, -0.25) is 14.9 Å². The smallest absolute Gasteiger partial charge is 0.286 e. The van der Waals surface area contributed by atoms with Gasteiger partial charge in [-0.2, -0.15) is 0 Å². The Morgan fingerprint density at radius 2 is 2.11 bits per heavy atom. The molecule has 1 N–H and O–H groups in total. The summed E-state index contributed by atoms with van der Waals surface area (Å²) in [5.74, 6) is 0.636. The SMILES string of the molecule is CCOc1cc([N+](=O)[O-])c(C(=O)NC2CCOc3ccccc32)cc1OC. The number of nitrogens with zero attached hydrogens (tertiary/aromatic N) is 1. The first-order valence-electron chi connectivity index (χ1n) is 8.57. The van der Waals surface area contributed by atoms with E-state index in [1.54, 1.807) is 6.92 Å². The summed E-state index contributed by atoms with van der Waals surface area (Å²) in [5.41, 5.74) is 0.430. The van der Waals surface area contributed by atoms with Crippen LogP contribution in [0.2, 0.25) is 0 Å². The molecule has 27 heavy (non-hydrogen) atoms. The fourth-order valence-electron chi connectivity index (χ4n) is 3.04. The summed E-state index contributed by atoms with van der Waals surface area (Å²) in [6.07, 6.45) is 0.574. The zero-order valence-electron chi connectivity index (χ0n) is 15.1. The van der Waals surface area contributed by atoms with E-state index in [4.69, 9.17) is 14.2 Å². The molecule has 8 heteroatoms. The van der Waals surface area contributed by atoms with Crippen molar-refractivity contribution >= 4 is 11.6 Å². The van der Waals surface area contributed by atoms with E-state index in [1.807, 2.05) is 24.3 Å². The molecule has 0 saturated carbocycles. The highest BCUT2D eigenvalue weighted by Gasteiger charge is 2.28. The Morgan fingerprint density at radius 3 is 2.81 bits per heavy atom. The molecule has 3 rings (SSSR count). The first kappa shape index (κ1) is 18.5. The number of carbonyl (C=O) groups is 1. The van der Waals surface area contributed by atoms with Crippen molar-refractivity contribution in [3.8, 4) is 17.2 Å². The molecular formula is C19H20N2O6. The van der Waals surface area contributed by atoms with Gasteiger partial charge in [-0.25, -0.2) is 0 Å². The van der Waals surface area contributed by atoms with Crippen molar-refractivity contribution in [2.24, 2.45) is 0 Å². The maximum Gasteiger partial charge on any atom is 0.286 e. The second kappa shape index (κ2) is 7.94. The molecule has 0 aliphatic carbocycles. The van der Waals surface area contributed by atoms with Crippen molar-refractivity contribution < 1.29 is 23.9 Å². The average molecular weight is 372 g/mol. The lowest BCUT2D eigenvalue weighted by Gasteiger charge is -2.26. The lowest BCUT2D eigenvalue weighted by molar-refractivity contribution is -0.385. The van der Waals surface area contributed by atoms with Crippen LogP contribution in [0.15, 0.2) is 36.4 Å². The van der Waals surface area contributed by atoms with Crippen molar-refractivity contribution in [1.29, 1.82) is 0 Å². The molecule has 1 heterocycles. The van der Waals surface area contributed by atoms with Crippen molar-refractivity contribution in [1.82, 2.24) is 5.32 Å². The van der Waals surface area contributed by atoms with Gasteiger partial charge in [-0.15, -0.1) is 0 Å². The van der Waals surface area contributed by atoms with Gasteiger partial charge in [0.25, 0.3) is 11.6 Å². The van der Waals surface area contributed by atoms with E-state index in [1.165, 1.54) is 19.2 Å². The highest BCUT2D eigenvalue weighted by atomic mass is 16.6. The monoisotopic (exact) mass is 372 g/mol. The first-order valence-corrected chi connectivity index (χ1v) is 8.57. The number of nitro benzene ring substituents is 1. The van der Waals surface area contributed by atoms with Gasteiger partial charge in [0.05, 0.1) is 37.4 Å². The molecule has 0 spiro atoms. The Bertz CT molecular complexity index is 867. The minimum absolute atomic E-state index is 0.0794. The average Bonchev–Trinajstić information content (AvgIpc) is 2.68.